The molecule has 0 atom stereocenters. The van der Waals surface area contributed by atoms with Gasteiger partial charge in [-0.1, -0.05) is 66.7 Å². The zero-order valence-electron chi connectivity index (χ0n) is 15.2. The lowest BCUT2D eigenvalue weighted by molar-refractivity contribution is 0.567. The van der Waals surface area contributed by atoms with Crippen LogP contribution in [-0.2, 0) is 0 Å². The van der Waals surface area contributed by atoms with Crippen molar-refractivity contribution in [2.75, 3.05) is 4.90 Å². The van der Waals surface area contributed by atoms with Crippen LogP contribution in [0.2, 0.25) is 0 Å². The summed E-state index contributed by atoms with van der Waals surface area (Å²) in [5.74, 6) is 0. The third kappa shape index (κ3) is 2.15. The fourth-order valence-corrected chi connectivity index (χ4v) is 4.30. The van der Waals surface area contributed by atoms with Gasteiger partial charge in [-0.25, -0.2) is 0 Å². The number of benzene rings is 5. The van der Waals surface area contributed by atoms with Gasteiger partial charge in [0.15, 0.2) is 0 Å². The second kappa shape index (κ2) is 5.86. The molecule has 1 aromatic heterocycles. The number of anilines is 3. The molecule has 2 heteroatoms. The molecule has 5 aromatic carbocycles. The van der Waals surface area contributed by atoms with Gasteiger partial charge in [-0.3, -0.25) is 0 Å². The smallest absolute Gasteiger partial charge is 0.114 e. The maximum Gasteiger partial charge on any atom is 0.114 e. The minimum absolute atomic E-state index is 1.02. The Bertz CT molecular complexity index is 1390. The van der Waals surface area contributed by atoms with Crippen molar-refractivity contribution in [3.8, 4) is 0 Å². The predicted molar refractivity (Wildman–Crippen MR) is 117 cm³/mol. The molecule has 0 saturated heterocycles. The van der Waals surface area contributed by atoms with E-state index in [1.165, 1.54) is 32.3 Å². The lowest BCUT2D eigenvalue weighted by Crippen LogP contribution is -2.09. The van der Waals surface area contributed by atoms with Crippen LogP contribution in [0.3, 0.4) is 0 Å². The number of hydrogen-bond donors (Lipinski definition) is 0. The molecule has 0 aliphatic heterocycles. The van der Waals surface area contributed by atoms with E-state index in [2.05, 4.69) is 83.8 Å². The quantitative estimate of drug-likeness (QED) is 0.302. The number of nitrogens with zero attached hydrogens (tertiary/aromatic N) is 1. The number of para-hydroxylation sites is 1. The van der Waals surface area contributed by atoms with E-state index in [9.17, 15) is 0 Å². The average Bonchev–Trinajstić information content (AvgIpc) is 3.28. The molecule has 0 aliphatic carbocycles. The van der Waals surface area contributed by atoms with E-state index in [0.717, 1.165) is 17.1 Å². The van der Waals surface area contributed by atoms with Crippen LogP contribution in [0.15, 0.2) is 108 Å². The van der Waals surface area contributed by atoms with Gasteiger partial charge in [0, 0.05) is 17.1 Å². The normalized spacial score (nSPS) is 11.6. The maximum atomic E-state index is 5.42. The molecule has 0 fully saturated rings. The summed E-state index contributed by atoms with van der Waals surface area (Å²) in [6, 6.07) is 32.3. The van der Waals surface area contributed by atoms with Crippen molar-refractivity contribution < 1.29 is 4.42 Å². The molecule has 2 nitrogen and oxygen atoms in total. The summed E-state index contributed by atoms with van der Waals surface area (Å²) in [7, 11) is 0. The Balaban J connectivity index is 1.73. The largest absolute Gasteiger partial charge is 0.470 e. The second-order valence-electron chi connectivity index (χ2n) is 7.09. The monoisotopic (exact) mass is 359 g/mol. The first kappa shape index (κ1) is 15.3. The van der Waals surface area contributed by atoms with Gasteiger partial charge in [-0.2, -0.15) is 0 Å². The number of hydrogen-bond acceptors (Lipinski definition) is 2. The van der Waals surface area contributed by atoms with Crippen molar-refractivity contribution in [3.63, 3.8) is 0 Å². The van der Waals surface area contributed by atoms with Crippen LogP contribution in [-0.4, -0.2) is 0 Å². The van der Waals surface area contributed by atoms with Crippen LogP contribution in [0.25, 0.3) is 32.3 Å². The molecule has 0 amide bonds. The standard InChI is InChI=1S/C26H17NO/c1-2-7-21(8-3-1)27(22-15-16-28-17-22)24-14-12-20-10-9-18-5-4-6-19-11-13-23(24)26(20)25(18)19/h1-17H. The van der Waals surface area contributed by atoms with E-state index in [1.54, 1.807) is 12.5 Å². The van der Waals surface area contributed by atoms with E-state index < -0.39 is 0 Å². The molecule has 1 heterocycles. The molecule has 0 N–H and O–H groups in total. The van der Waals surface area contributed by atoms with Crippen LogP contribution in [0, 0.1) is 0 Å². The summed E-state index contributed by atoms with van der Waals surface area (Å²) in [6.07, 6.45) is 3.52. The zero-order chi connectivity index (χ0) is 18.5. The SMILES string of the molecule is c1ccc(N(c2ccoc2)c2ccc3ccc4cccc5ccc2c3c45)cc1. The van der Waals surface area contributed by atoms with Gasteiger partial charge in [0.1, 0.15) is 6.26 Å². The molecule has 0 saturated carbocycles. The number of rotatable bonds is 3. The van der Waals surface area contributed by atoms with E-state index in [1.807, 2.05) is 12.1 Å². The van der Waals surface area contributed by atoms with Gasteiger partial charge in [0.2, 0.25) is 0 Å². The summed E-state index contributed by atoms with van der Waals surface area (Å²) in [5.41, 5.74) is 3.28. The van der Waals surface area contributed by atoms with Crippen LogP contribution >= 0.6 is 0 Å². The van der Waals surface area contributed by atoms with Crippen molar-refractivity contribution in [3.05, 3.63) is 104 Å². The van der Waals surface area contributed by atoms with Gasteiger partial charge >= 0.3 is 0 Å². The highest BCUT2D eigenvalue weighted by Gasteiger charge is 2.18. The summed E-state index contributed by atoms with van der Waals surface area (Å²) in [4.78, 5) is 2.26. The summed E-state index contributed by atoms with van der Waals surface area (Å²) >= 11 is 0. The van der Waals surface area contributed by atoms with Crippen molar-refractivity contribution in [2.24, 2.45) is 0 Å². The fraction of sp³-hybridized carbons (Fsp3) is 0. The third-order valence-corrected chi connectivity index (χ3v) is 5.53. The minimum Gasteiger partial charge on any atom is -0.470 e. The lowest BCUT2D eigenvalue weighted by atomic mass is 9.93. The Labute approximate surface area is 162 Å². The van der Waals surface area contributed by atoms with Gasteiger partial charge in [0.25, 0.3) is 0 Å². The number of furan rings is 1. The summed E-state index contributed by atoms with van der Waals surface area (Å²) in [6.45, 7) is 0. The highest BCUT2D eigenvalue weighted by Crippen LogP contribution is 2.43. The minimum atomic E-state index is 1.02. The Hall–Kier alpha value is -3.78. The van der Waals surface area contributed by atoms with Crippen LogP contribution < -0.4 is 4.90 Å². The maximum absolute atomic E-state index is 5.42. The highest BCUT2D eigenvalue weighted by atomic mass is 16.3. The predicted octanol–water partition coefficient (Wildman–Crippen LogP) is 7.65. The van der Waals surface area contributed by atoms with Crippen LogP contribution in [0.5, 0.6) is 0 Å². The molecule has 28 heavy (non-hydrogen) atoms. The lowest BCUT2D eigenvalue weighted by Gasteiger charge is -2.26. The van der Waals surface area contributed by atoms with Gasteiger partial charge in [-0.15, -0.1) is 0 Å². The molecule has 0 aliphatic rings. The molecule has 6 aromatic rings. The Morgan fingerprint density at radius 3 is 2.00 bits per heavy atom. The Morgan fingerprint density at radius 1 is 0.536 bits per heavy atom. The van der Waals surface area contributed by atoms with Crippen LogP contribution in [0.4, 0.5) is 17.1 Å². The molecule has 0 spiro atoms. The van der Waals surface area contributed by atoms with Gasteiger partial charge in [0.05, 0.1) is 17.6 Å². The first-order valence-electron chi connectivity index (χ1n) is 9.44. The van der Waals surface area contributed by atoms with Crippen molar-refractivity contribution in [2.45, 2.75) is 0 Å². The van der Waals surface area contributed by atoms with Gasteiger partial charge < -0.3 is 9.32 Å². The topological polar surface area (TPSA) is 16.4 Å². The first-order valence-corrected chi connectivity index (χ1v) is 9.44. The molecular formula is C26H17NO. The van der Waals surface area contributed by atoms with E-state index in [4.69, 9.17) is 4.42 Å². The highest BCUT2D eigenvalue weighted by molar-refractivity contribution is 6.25. The first-order chi connectivity index (χ1) is 13.9. The average molecular weight is 359 g/mol. The third-order valence-electron chi connectivity index (χ3n) is 5.53. The molecule has 0 radical (unpaired) electrons. The Kier molecular flexibility index (Phi) is 3.20. The van der Waals surface area contributed by atoms with E-state index >= 15 is 0 Å². The van der Waals surface area contributed by atoms with Gasteiger partial charge in [-0.05, 0) is 45.1 Å². The van der Waals surface area contributed by atoms with Crippen LogP contribution in [0.1, 0.15) is 0 Å². The molecule has 0 unspecified atom stereocenters. The van der Waals surface area contributed by atoms with E-state index in [-0.39, 0.29) is 0 Å². The fourth-order valence-electron chi connectivity index (χ4n) is 4.30. The van der Waals surface area contributed by atoms with E-state index in [0.29, 0.717) is 0 Å². The molecular weight excluding hydrogens is 342 g/mol. The van der Waals surface area contributed by atoms with Crippen molar-refractivity contribution >= 4 is 49.4 Å². The molecule has 132 valence electrons. The molecule has 0 bridgehead atoms. The van der Waals surface area contributed by atoms with Crippen molar-refractivity contribution in [1.82, 2.24) is 0 Å². The van der Waals surface area contributed by atoms with Crippen molar-refractivity contribution in [1.29, 1.82) is 0 Å². The zero-order valence-corrected chi connectivity index (χ0v) is 15.2. The Morgan fingerprint density at radius 2 is 1.25 bits per heavy atom. The second-order valence-corrected chi connectivity index (χ2v) is 7.09. The summed E-state index contributed by atoms with van der Waals surface area (Å²) in [5, 5.41) is 7.72. The molecule has 6 rings (SSSR count). The summed E-state index contributed by atoms with van der Waals surface area (Å²) < 4.78 is 5.42.